The molecule has 2 nitrogen and oxygen atoms in total. The van der Waals surface area contributed by atoms with Gasteiger partial charge in [0.05, 0.1) is 17.0 Å². The summed E-state index contributed by atoms with van der Waals surface area (Å²) in [5.41, 5.74) is 3.30. The summed E-state index contributed by atoms with van der Waals surface area (Å²) < 4.78 is 2.04. The van der Waals surface area contributed by atoms with Crippen LogP contribution in [-0.2, 0) is 6.54 Å². The SMILES string of the molecule is CCCn1nc(C)c(C#CCCCCl)c1C. The smallest absolute Gasteiger partial charge is 0.0753 e. The molecule has 1 aromatic rings. The van der Waals surface area contributed by atoms with E-state index in [1.165, 1.54) is 5.69 Å². The molecule has 0 atom stereocenters. The second kappa shape index (κ2) is 6.60. The van der Waals surface area contributed by atoms with Gasteiger partial charge in [-0.3, -0.25) is 4.68 Å². The molecule has 0 saturated heterocycles. The number of hydrogen-bond acceptors (Lipinski definition) is 1. The predicted molar refractivity (Wildman–Crippen MR) is 68.8 cm³/mol. The van der Waals surface area contributed by atoms with Gasteiger partial charge in [-0.05, 0) is 26.7 Å². The van der Waals surface area contributed by atoms with Crippen molar-refractivity contribution in [1.29, 1.82) is 0 Å². The number of hydrogen-bond donors (Lipinski definition) is 0. The third kappa shape index (κ3) is 3.28. The minimum Gasteiger partial charge on any atom is -0.268 e. The van der Waals surface area contributed by atoms with Crippen LogP contribution in [0.2, 0.25) is 0 Å². The highest BCUT2D eigenvalue weighted by atomic mass is 35.5. The lowest BCUT2D eigenvalue weighted by atomic mass is 10.2. The highest BCUT2D eigenvalue weighted by Crippen LogP contribution is 2.11. The van der Waals surface area contributed by atoms with Crippen LogP contribution < -0.4 is 0 Å². The first kappa shape index (κ1) is 13.1. The van der Waals surface area contributed by atoms with E-state index in [1.807, 2.05) is 11.6 Å². The predicted octanol–water partition coefficient (Wildman–Crippen LogP) is 3.28. The van der Waals surface area contributed by atoms with Crippen LogP contribution in [0.25, 0.3) is 0 Å². The lowest BCUT2D eigenvalue weighted by molar-refractivity contribution is 0.583. The van der Waals surface area contributed by atoms with E-state index in [-0.39, 0.29) is 0 Å². The molecular formula is C13H19ClN2. The highest BCUT2D eigenvalue weighted by molar-refractivity contribution is 6.17. The molecule has 0 aliphatic rings. The molecule has 88 valence electrons. The summed E-state index contributed by atoms with van der Waals surface area (Å²) in [6.45, 7) is 7.23. The van der Waals surface area contributed by atoms with E-state index in [9.17, 15) is 0 Å². The van der Waals surface area contributed by atoms with E-state index in [2.05, 4.69) is 30.8 Å². The monoisotopic (exact) mass is 238 g/mol. The summed E-state index contributed by atoms with van der Waals surface area (Å²) in [7, 11) is 0. The van der Waals surface area contributed by atoms with Gasteiger partial charge in [0, 0.05) is 18.8 Å². The number of nitrogens with zero attached hydrogens (tertiary/aromatic N) is 2. The van der Waals surface area contributed by atoms with Gasteiger partial charge in [-0.25, -0.2) is 0 Å². The van der Waals surface area contributed by atoms with Gasteiger partial charge < -0.3 is 0 Å². The third-order valence-corrected chi connectivity index (χ3v) is 2.73. The van der Waals surface area contributed by atoms with Crippen LogP contribution in [0, 0.1) is 25.7 Å². The minimum atomic E-state index is 0.682. The number of unbranched alkanes of at least 4 members (excludes halogenated alkanes) is 1. The number of alkyl halides is 1. The zero-order chi connectivity index (χ0) is 12.0. The van der Waals surface area contributed by atoms with Crippen molar-refractivity contribution in [2.24, 2.45) is 0 Å². The molecule has 1 rings (SSSR count). The fraction of sp³-hybridized carbons (Fsp3) is 0.615. The van der Waals surface area contributed by atoms with Crippen LogP contribution in [0.5, 0.6) is 0 Å². The number of rotatable bonds is 4. The van der Waals surface area contributed by atoms with E-state index in [0.717, 1.165) is 37.1 Å². The van der Waals surface area contributed by atoms with Crippen molar-refractivity contribution in [3.8, 4) is 11.8 Å². The summed E-state index contributed by atoms with van der Waals surface area (Å²) in [4.78, 5) is 0. The third-order valence-electron chi connectivity index (χ3n) is 2.47. The largest absolute Gasteiger partial charge is 0.268 e. The Kier molecular flexibility index (Phi) is 5.42. The van der Waals surface area contributed by atoms with E-state index in [0.29, 0.717) is 5.88 Å². The molecule has 0 bridgehead atoms. The number of aromatic nitrogens is 2. The molecule has 0 amide bonds. The van der Waals surface area contributed by atoms with Crippen LogP contribution in [0.1, 0.15) is 43.1 Å². The average molecular weight is 239 g/mol. The molecule has 0 aliphatic carbocycles. The summed E-state index contributed by atoms with van der Waals surface area (Å²) in [6, 6.07) is 0. The van der Waals surface area contributed by atoms with Gasteiger partial charge in [0.15, 0.2) is 0 Å². The molecule has 1 heterocycles. The molecule has 0 aromatic carbocycles. The van der Waals surface area contributed by atoms with Crippen LogP contribution in [0.3, 0.4) is 0 Å². The maximum absolute atomic E-state index is 5.61. The molecule has 0 fully saturated rings. The molecule has 0 aliphatic heterocycles. The van der Waals surface area contributed by atoms with Gasteiger partial charge >= 0.3 is 0 Å². The Balaban J connectivity index is 2.82. The first-order chi connectivity index (χ1) is 7.70. The zero-order valence-corrected chi connectivity index (χ0v) is 11.1. The van der Waals surface area contributed by atoms with Crippen molar-refractivity contribution in [1.82, 2.24) is 9.78 Å². The second-order valence-corrected chi connectivity index (χ2v) is 4.24. The fourth-order valence-electron chi connectivity index (χ4n) is 1.61. The number of halogens is 1. The lowest BCUT2D eigenvalue weighted by Gasteiger charge is -2.00. The zero-order valence-electron chi connectivity index (χ0n) is 10.3. The molecule has 3 heteroatoms. The molecule has 0 radical (unpaired) electrons. The van der Waals surface area contributed by atoms with Crippen molar-refractivity contribution >= 4 is 11.6 Å². The highest BCUT2D eigenvalue weighted by Gasteiger charge is 2.07. The van der Waals surface area contributed by atoms with Gasteiger partial charge in [0.25, 0.3) is 0 Å². The second-order valence-electron chi connectivity index (χ2n) is 3.86. The minimum absolute atomic E-state index is 0.682. The van der Waals surface area contributed by atoms with Gasteiger partial charge in [0.1, 0.15) is 0 Å². The van der Waals surface area contributed by atoms with E-state index < -0.39 is 0 Å². The molecule has 16 heavy (non-hydrogen) atoms. The van der Waals surface area contributed by atoms with Gasteiger partial charge in [-0.2, -0.15) is 5.10 Å². The van der Waals surface area contributed by atoms with Crippen molar-refractivity contribution in [3.63, 3.8) is 0 Å². The summed E-state index contributed by atoms with van der Waals surface area (Å²) in [6.07, 6.45) is 2.91. The van der Waals surface area contributed by atoms with Crippen LogP contribution >= 0.6 is 11.6 Å². The van der Waals surface area contributed by atoms with Gasteiger partial charge in [0.2, 0.25) is 0 Å². The molecule has 0 N–H and O–H groups in total. The topological polar surface area (TPSA) is 17.8 Å². The van der Waals surface area contributed by atoms with Crippen molar-refractivity contribution < 1.29 is 0 Å². The Labute approximate surface area is 103 Å². The Hall–Kier alpha value is -0.940. The average Bonchev–Trinajstić information content (AvgIpc) is 2.52. The Morgan fingerprint density at radius 3 is 2.75 bits per heavy atom. The first-order valence-electron chi connectivity index (χ1n) is 5.79. The normalized spacial score (nSPS) is 10.0. The summed E-state index contributed by atoms with van der Waals surface area (Å²) >= 11 is 5.61. The number of aryl methyl sites for hydroxylation is 2. The van der Waals surface area contributed by atoms with E-state index in [4.69, 9.17) is 11.6 Å². The first-order valence-corrected chi connectivity index (χ1v) is 6.33. The summed E-state index contributed by atoms with van der Waals surface area (Å²) in [5.74, 6) is 7.04. The van der Waals surface area contributed by atoms with Crippen molar-refractivity contribution in [2.45, 2.75) is 46.6 Å². The maximum atomic E-state index is 5.61. The Morgan fingerprint density at radius 2 is 2.12 bits per heavy atom. The van der Waals surface area contributed by atoms with Crippen molar-refractivity contribution in [2.75, 3.05) is 5.88 Å². The van der Waals surface area contributed by atoms with Crippen LogP contribution in [0.4, 0.5) is 0 Å². The van der Waals surface area contributed by atoms with Crippen LogP contribution in [-0.4, -0.2) is 15.7 Å². The quantitative estimate of drug-likeness (QED) is 0.447. The lowest BCUT2D eigenvalue weighted by Crippen LogP contribution is -2.01. The molecule has 0 spiro atoms. The standard InChI is InChI=1S/C13H19ClN2/c1-4-10-16-12(3)13(11(2)15-16)8-6-5-7-9-14/h4-5,7,9-10H2,1-3H3. The molecule has 1 aromatic heterocycles. The van der Waals surface area contributed by atoms with Gasteiger partial charge in [-0.1, -0.05) is 18.8 Å². The van der Waals surface area contributed by atoms with Gasteiger partial charge in [-0.15, -0.1) is 11.6 Å². The fourth-order valence-corrected chi connectivity index (χ4v) is 1.75. The Morgan fingerprint density at radius 1 is 1.38 bits per heavy atom. The molecule has 0 saturated carbocycles. The van der Waals surface area contributed by atoms with E-state index >= 15 is 0 Å². The molecule has 0 unspecified atom stereocenters. The van der Waals surface area contributed by atoms with Crippen molar-refractivity contribution in [3.05, 3.63) is 17.0 Å². The Bertz CT molecular complexity index is 396. The van der Waals surface area contributed by atoms with Crippen LogP contribution in [0.15, 0.2) is 0 Å². The molecular weight excluding hydrogens is 220 g/mol. The maximum Gasteiger partial charge on any atom is 0.0753 e. The summed E-state index contributed by atoms with van der Waals surface area (Å²) in [5, 5.41) is 4.49. The van der Waals surface area contributed by atoms with E-state index in [1.54, 1.807) is 0 Å².